The molecule has 0 aromatic carbocycles. The van der Waals surface area contributed by atoms with E-state index < -0.39 is 0 Å². The Morgan fingerprint density at radius 2 is 0.250 bits per heavy atom. The zero-order chi connectivity index (χ0) is 0. The third kappa shape index (κ3) is 8.83. The topological polar surface area (TPSA) is 0 Å². The van der Waals surface area contributed by atoms with E-state index in [-0.39, 0.29) is 75.4 Å². The van der Waals surface area contributed by atoms with E-state index in [0.717, 1.165) is 0 Å². The van der Waals surface area contributed by atoms with Crippen molar-refractivity contribution in [1.29, 1.82) is 0 Å². The molecule has 0 bridgehead atoms. The van der Waals surface area contributed by atoms with Gasteiger partial charge in [-0.25, -0.2) is 0 Å². The first-order valence-electron chi connectivity index (χ1n) is 0. The second-order valence-corrected chi connectivity index (χ2v) is 0. The van der Waals surface area contributed by atoms with Gasteiger partial charge in [-0.3, -0.25) is 0 Å². The molecule has 0 unspecified atom stereocenters. The summed E-state index contributed by atoms with van der Waals surface area (Å²) >= 11 is 0. The smallest absolute Gasteiger partial charge is 1.00 e. The minimum atomic E-state index is 0. The first kappa shape index (κ1) is 32.5. The van der Waals surface area contributed by atoms with Gasteiger partial charge in [-0.05, 0) is 0 Å². The van der Waals surface area contributed by atoms with Crippen molar-refractivity contribution >= 4 is 0 Å². The van der Waals surface area contributed by atoms with E-state index in [1.807, 2.05) is 0 Å². The maximum atomic E-state index is 0. The van der Waals surface area contributed by atoms with Crippen molar-refractivity contribution in [2.24, 2.45) is 0 Å². The van der Waals surface area contributed by atoms with Crippen molar-refractivity contribution in [2.45, 2.75) is 0 Å². The molecule has 4 heavy (non-hydrogen) atoms. The number of hydrogen-bond donors (Lipinski definition) is 0. The van der Waals surface area contributed by atoms with E-state index in [4.69, 9.17) is 0 Å². The van der Waals surface area contributed by atoms with Crippen LogP contribution in [0.15, 0.2) is 0 Å². The summed E-state index contributed by atoms with van der Waals surface area (Å²) in [5, 5.41) is 0. The van der Waals surface area contributed by atoms with Gasteiger partial charge < -0.3 is 0 Å². The van der Waals surface area contributed by atoms with Crippen LogP contribution in [0, 0.1) is 0 Å². The van der Waals surface area contributed by atoms with Crippen molar-refractivity contribution < 1.29 is 75.4 Å². The first-order chi connectivity index (χ1) is 0. The average Bonchev–Trinajstić information content (AvgIpc) is 0. The van der Waals surface area contributed by atoms with Crippen molar-refractivity contribution in [2.75, 3.05) is 0 Å². The first-order valence-corrected chi connectivity index (χ1v) is 0. The monoisotopic (exact) mass is 28.1 g/mol. The Balaban J connectivity index is 0. The van der Waals surface area contributed by atoms with Crippen LogP contribution in [0.2, 0.25) is 0 Å². The molecule has 0 fully saturated rings. The minimum Gasteiger partial charge on any atom is 1.00 e. The molecule has 0 aliphatic carbocycles. The van der Waals surface area contributed by atoms with Crippen molar-refractivity contribution in [3.63, 3.8) is 0 Å². The summed E-state index contributed by atoms with van der Waals surface area (Å²) in [7, 11) is 0. The van der Waals surface area contributed by atoms with Crippen LogP contribution in [0.25, 0.3) is 0 Å². The predicted octanol–water partition coefficient (Wildman–Crippen LogP) is -12.0. The van der Waals surface area contributed by atoms with E-state index in [0.29, 0.717) is 0 Å². The van der Waals surface area contributed by atoms with Crippen molar-refractivity contribution in [3.05, 3.63) is 0 Å². The molecule has 4 heteroatoms. The zero-order valence-corrected chi connectivity index (χ0v) is 4.00. The van der Waals surface area contributed by atoms with Gasteiger partial charge in [0.05, 0.1) is 0 Å². The quantitative estimate of drug-likeness (QED) is 0.231. The Morgan fingerprint density at radius 1 is 0.250 bits per heavy atom. The van der Waals surface area contributed by atoms with E-state index in [9.17, 15) is 0 Å². The molecule has 0 aromatic heterocycles. The molecule has 0 valence electrons. The van der Waals surface area contributed by atoms with Crippen LogP contribution in [-0.4, -0.2) is 0 Å². The normalized spacial score (nSPS) is 0. The number of rotatable bonds is 0. The Bertz CT molecular complexity index is 0. The summed E-state index contributed by atoms with van der Waals surface area (Å²) in [6.07, 6.45) is 0. The van der Waals surface area contributed by atoms with Gasteiger partial charge in [0.2, 0.25) is 0 Å². The summed E-state index contributed by atoms with van der Waals surface area (Å²) in [5.41, 5.74) is 0. The summed E-state index contributed by atoms with van der Waals surface area (Å²) in [5.74, 6) is 0. The van der Waals surface area contributed by atoms with Gasteiger partial charge >= 0.3 is 75.4 Å². The predicted molar refractivity (Wildman–Crippen MR) is 0 cm³/mol. The summed E-state index contributed by atoms with van der Waals surface area (Å²) in [4.78, 5) is 0. The standard InChI is InChI=1S/4Li/q4*+1. The molecule has 0 N–H and O–H groups in total. The van der Waals surface area contributed by atoms with E-state index in [1.165, 1.54) is 0 Å². The fourth-order valence-corrected chi connectivity index (χ4v) is 0. The Morgan fingerprint density at radius 3 is 0.250 bits per heavy atom. The molecule has 0 saturated carbocycles. The SMILES string of the molecule is [Li+].[Li+].[Li+].[Li+]. The van der Waals surface area contributed by atoms with Gasteiger partial charge in [0, 0.05) is 0 Å². The molecule has 0 atom stereocenters. The van der Waals surface area contributed by atoms with Crippen molar-refractivity contribution in [1.82, 2.24) is 0 Å². The van der Waals surface area contributed by atoms with Crippen LogP contribution in [0.4, 0.5) is 0 Å². The van der Waals surface area contributed by atoms with Gasteiger partial charge in [-0.1, -0.05) is 0 Å². The van der Waals surface area contributed by atoms with Gasteiger partial charge in [-0.2, -0.15) is 0 Å². The molecule has 0 radical (unpaired) electrons. The summed E-state index contributed by atoms with van der Waals surface area (Å²) < 4.78 is 0. The van der Waals surface area contributed by atoms with Gasteiger partial charge in [0.1, 0.15) is 0 Å². The molecule has 0 nitrogen and oxygen atoms in total. The average molecular weight is 27.8 g/mol. The maximum absolute atomic E-state index is 0. The second kappa shape index (κ2) is 18.2. The zero-order valence-electron chi connectivity index (χ0n) is 4.00. The second-order valence-electron chi connectivity index (χ2n) is 0. The summed E-state index contributed by atoms with van der Waals surface area (Å²) in [6.45, 7) is 0. The Labute approximate surface area is 74.6 Å². The van der Waals surface area contributed by atoms with Crippen LogP contribution in [0.1, 0.15) is 0 Å². The van der Waals surface area contributed by atoms with Gasteiger partial charge in [0.15, 0.2) is 0 Å². The van der Waals surface area contributed by atoms with Gasteiger partial charge in [-0.15, -0.1) is 0 Å². The summed E-state index contributed by atoms with van der Waals surface area (Å²) in [6, 6.07) is 0. The fraction of sp³-hybridized carbons (Fsp3) is 0. The van der Waals surface area contributed by atoms with E-state index in [2.05, 4.69) is 0 Å². The number of hydrogen-bond acceptors (Lipinski definition) is 0. The van der Waals surface area contributed by atoms with Crippen LogP contribution < -0.4 is 75.4 Å². The largest absolute Gasteiger partial charge is 1.00 e. The molecule has 0 aliphatic heterocycles. The molecule has 0 amide bonds. The Hall–Kier alpha value is 2.39. The molecule has 0 saturated heterocycles. The minimum absolute atomic E-state index is 0. The maximum Gasteiger partial charge on any atom is 1.00 e. The molecule has 0 heterocycles. The van der Waals surface area contributed by atoms with E-state index >= 15 is 0 Å². The van der Waals surface area contributed by atoms with Gasteiger partial charge in [0.25, 0.3) is 0 Å². The fourth-order valence-electron chi connectivity index (χ4n) is 0. The molecular formula is Li4+4. The van der Waals surface area contributed by atoms with Crippen molar-refractivity contribution in [3.8, 4) is 0 Å². The Kier molecular flexibility index (Phi) is 148. The van der Waals surface area contributed by atoms with Crippen LogP contribution in [0.3, 0.4) is 0 Å². The molecular weight excluding hydrogens is 27.8 g/mol. The molecule has 0 aliphatic rings. The molecule has 0 spiro atoms. The molecule has 0 aromatic rings. The van der Waals surface area contributed by atoms with Crippen LogP contribution in [0.5, 0.6) is 0 Å². The van der Waals surface area contributed by atoms with E-state index in [1.54, 1.807) is 0 Å². The van der Waals surface area contributed by atoms with Crippen LogP contribution >= 0.6 is 0 Å². The van der Waals surface area contributed by atoms with Crippen LogP contribution in [-0.2, 0) is 0 Å². The third-order valence-corrected chi connectivity index (χ3v) is 0. The third-order valence-electron chi connectivity index (χ3n) is 0. The molecule has 0 rings (SSSR count).